The fraction of sp³-hybridized carbons (Fsp3) is 0.333. The molecule has 0 saturated heterocycles. The van der Waals surface area contributed by atoms with Crippen LogP contribution in [0.2, 0.25) is 0 Å². The van der Waals surface area contributed by atoms with Crippen LogP contribution in [0.25, 0.3) is 5.65 Å². The van der Waals surface area contributed by atoms with E-state index >= 15 is 0 Å². The maximum absolute atomic E-state index is 11.1. The molecule has 0 aliphatic rings. The molecule has 2 aromatic heterocycles. The predicted molar refractivity (Wildman–Crippen MR) is 63.6 cm³/mol. The van der Waals surface area contributed by atoms with Gasteiger partial charge < -0.3 is 19.0 Å². The van der Waals surface area contributed by atoms with Crippen molar-refractivity contribution >= 4 is 11.6 Å². The first-order valence-corrected chi connectivity index (χ1v) is 5.38. The molecular formula is C12H14N2O4. The number of hydrogen-bond acceptors (Lipinski definition) is 4. The number of fused-ring (bicyclic) bond motifs is 1. The van der Waals surface area contributed by atoms with E-state index in [0.717, 1.165) is 5.69 Å². The zero-order valence-electron chi connectivity index (χ0n) is 10.2. The smallest absolute Gasteiger partial charge is 0.339 e. The van der Waals surface area contributed by atoms with E-state index in [-0.39, 0.29) is 5.56 Å². The van der Waals surface area contributed by atoms with Crippen molar-refractivity contribution in [2.75, 3.05) is 14.2 Å². The third-order valence-electron chi connectivity index (χ3n) is 2.57. The van der Waals surface area contributed by atoms with Crippen molar-refractivity contribution in [2.24, 2.45) is 0 Å². The van der Waals surface area contributed by atoms with Crippen molar-refractivity contribution in [3.8, 4) is 0 Å². The van der Waals surface area contributed by atoms with Gasteiger partial charge in [-0.15, -0.1) is 0 Å². The van der Waals surface area contributed by atoms with Crippen LogP contribution in [0.4, 0.5) is 0 Å². The Morgan fingerprint density at radius 2 is 2.11 bits per heavy atom. The van der Waals surface area contributed by atoms with Crippen molar-refractivity contribution in [1.29, 1.82) is 0 Å². The Balaban J connectivity index is 2.62. The van der Waals surface area contributed by atoms with Crippen LogP contribution in [-0.2, 0) is 22.7 Å². The van der Waals surface area contributed by atoms with Crippen molar-refractivity contribution in [1.82, 2.24) is 9.38 Å². The summed E-state index contributed by atoms with van der Waals surface area (Å²) in [4.78, 5) is 15.4. The van der Waals surface area contributed by atoms with Gasteiger partial charge in [0, 0.05) is 20.4 Å². The van der Waals surface area contributed by atoms with Gasteiger partial charge in [0.1, 0.15) is 5.56 Å². The average Bonchev–Trinajstić information content (AvgIpc) is 2.73. The Bertz CT molecular complexity index is 577. The second kappa shape index (κ2) is 5.16. The number of hydrogen-bond donors (Lipinski definition) is 1. The number of aromatic nitrogens is 2. The number of rotatable bonds is 5. The summed E-state index contributed by atoms with van der Waals surface area (Å²) < 4.78 is 11.8. The van der Waals surface area contributed by atoms with Crippen LogP contribution in [0.15, 0.2) is 18.3 Å². The first-order valence-electron chi connectivity index (χ1n) is 5.38. The number of carboxylic acids is 1. The summed E-state index contributed by atoms with van der Waals surface area (Å²) in [6, 6.07) is 3.37. The van der Waals surface area contributed by atoms with Crippen LogP contribution >= 0.6 is 0 Å². The van der Waals surface area contributed by atoms with E-state index in [1.54, 1.807) is 24.8 Å². The lowest BCUT2D eigenvalue weighted by Crippen LogP contribution is -2.06. The van der Waals surface area contributed by atoms with E-state index in [4.69, 9.17) is 14.6 Å². The molecule has 0 bridgehead atoms. The first kappa shape index (κ1) is 12.5. The Morgan fingerprint density at radius 1 is 1.39 bits per heavy atom. The largest absolute Gasteiger partial charge is 0.478 e. The number of carboxylic acid groups (broad SMARTS) is 1. The molecule has 0 radical (unpaired) electrons. The van der Waals surface area contributed by atoms with Crippen molar-refractivity contribution in [3.63, 3.8) is 0 Å². The summed E-state index contributed by atoms with van der Waals surface area (Å²) in [5.41, 5.74) is 2.09. The van der Waals surface area contributed by atoms with Gasteiger partial charge in [0.05, 0.1) is 24.6 Å². The Labute approximate surface area is 104 Å². The van der Waals surface area contributed by atoms with Crippen LogP contribution in [0.3, 0.4) is 0 Å². The van der Waals surface area contributed by atoms with Crippen LogP contribution < -0.4 is 0 Å². The summed E-state index contributed by atoms with van der Waals surface area (Å²) in [6.07, 6.45) is 1.68. The highest BCUT2D eigenvalue weighted by Gasteiger charge is 2.14. The van der Waals surface area contributed by atoms with Gasteiger partial charge in [-0.3, -0.25) is 0 Å². The molecule has 2 rings (SSSR count). The molecule has 0 aliphatic heterocycles. The fourth-order valence-electron chi connectivity index (χ4n) is 1.85. The number of nitrogens with zero attached hydrogens (tertiary/aromatic N) is 2. The molecule has 0 unspecified atom stereocenters. The summed E-state index contributed by atoms with van der Waals surface area (Å²) in [5.74, 6) is -0.997. The van der Waals surface area contributed by atoms with Gasteiger partial charge in [0.2, 0.25) is 0 Å². The minimum absolute atomic E-state index is 0.172. The molecule has 18 heavy (non-hydrogen) atoms. The standard InChI is InChI=1S/C12H14N2O4/c1-17-6-8-5-9(7-18-2)14-4-3-10(12(15)16)11(14)13-8/h3-5H,6-7H2,1-2H3,(H,15,16). The van der Waals surface area contributed by atoms with E-state index in [9.17, 15) is 4.79 Å². The molecule has 0 aliphatic carbocycles. The lowest BCUT2D eigenvalue weighted by atomic mass is 10.3. The van der Waals surface area contributed by atoms with Gasteiger partial charge in [-0.2, -0.15) is 0 Å². The molecular weight excluding hydrogens is 236 g/mol. The molecule has 0 fully saturated rings. The fourth-order valence-corrected chi connectivity index (χ4v) is 1.85. The summed E-state index contributed by atoms with van der Waals surface area (Å²) in [6.45, 7) is 0.709. The van der Waals surface area contributed by atoms with Crippen molar-refractivity contribution in [2.45, 2.75) is 13.2 Å². The van der Waals surface area contributed by atoms with Gasteiger partial charge in [-0.1, -0.05) is 0 Å². The molecule has 0 spiro atoms. The monoisotopic (exact) mass is 250 g/mol. The normalized spacial score (nSPS) is 11.0. The van der Waals surface area contributed by atoms with Gasteiger partial charge in [0.15, 0.2) is 5.65 Å². The van der Waals surface area contributed by atoms with Crippen LogP contribution in [0, 0.1) is 0 Å². The molecule has 1 N–H and O–H groups in total. The van der Waals surface area contributed by atoms with Crippen LogP contribution in [0.1, 0.15) is 21.7 Å². The van der Waals surface area contributed by atoms with Gasteiger partial charge in [0.25, 0.3) is 0 Å². The quantitative estimate of drug-likeness (QED) is 0.866. The maximum atomic E-state index is 11.1. The molecule has 6 heteroatoms. The molecule has 2 aromatic rings. The third-order valence-corrected chi connectivity index (χ3v) is 2.57. The molecule has 0 saturated carbocycles. The summed E-state index contributed by atoms with van der Waals surface area (Å²) in [7, 11) is 3.15. The van der Waals surface area contributed by atoms with Crippen LogP contribution in [0.5, 0.6) is 0 Å². The molecule has 0 amide bonds. The third kappa shape index (κ3) is 2.20. The molecule has 2 heterocycles. The van der Waals surface area contributed by atoms with E-state index in [0.29, 0.717) is 24.6 Å². The van der Waals surface area contributed by atoms with E-state index in [1.807, 2.05) is 6.07 Å². The number of methoxy groups -OCH3 is 2. The second-order valence-corrected chi connectivity index (χ2v) is 3.83. The zero-order valence-corrected chi connectivity index (χ0v) is 10.2. The Kier molecular flexibility index (Phi) is 3.59. The van der Waals surface area contributed by atoms with E-state index < -0.39 is 5.97 Å². The second-order valence-electron chi connectivity index (χ2n) is 3.83. The maximum Gasteiger partial charge on any atom is 0.339 e. The average molecular weight is 250 g/mol. The zero-order chi connectivity index (χ0) is 13.1. The lowest BCUT2D eigenvalue weighted by molar-refractivity contribution is 0.0699. The van der Waals surface area contributed by atoms with Gasteiger partial charge in [-0.05, 0) is 12.1 Å². The van der Waals surface area contributed by atoms with Gasteiger partial charge in [-0.25, -0.2) is 9.78 Å². The number of carbonyl (C=O) groups is 1. The van der Waals surface area contributed by atoms with Crippen molar-refractivity contribution in [3.05, 3.63) is 35.3 Å². The van der Waals surface area contributed by atoms with E-state index in [2.05, 4.69) is 4.98 Å². The molecule has 6 nitrogen and oxygen atoms in total. The first-order chi connectivity index (χ1) is 8.67. The highest BCUT2D eigenvalue weighted by molar-refractivity contribution is 5.94. The predicted octanol–water partition coefficient (Wildman–Crippen LogP) is 1.33. The van der Waals surface area contributed by atoms with Crippen LogP contribution in [-0.4, -0.2) is 34.7 Å². The highest BCUT2D eigenvalue weighted by Crippen LogP contribution is 2.16. The van der Waals surface area contributed by atoms with Gasteiger partial charge >= 0.3 is 5.97 Å². The summed E-state index contributed by atoms with van der Waals surface area (Å²) in [5, 5.41) is 9.10. The highest BCUT2D eigenvalue weighted by atomic mass is 16.5. The Morgan fingerprint density at radius 3 is 2.72 bits per heavy atom. The minimum atomic E-state index is -0.997. The Hall–Kier alpha value is -1.92. The lowest BCUT2D eigenvalue weighted by Gasteiger charge is -2.08. The number of ether oxygens (including phenoxy) is 2. The number of aromatic carboxylic acids is 1. The SMILES string of the molecule is COCc1cc(COC)n2ccc(C(=O)O)c2n1. The molecule has 0 atom stereocenters. The minimum Gasteiger partial charge on any atom is -0.478 e. The summed E-state index contributed by atoms with van der Waals surface area (Å²) >= 11 is 0. The molecule has 96 valence electrons. The van der Waals surface area contributed by atoms with E-state index in [1.165, 1.54) is 6.07 Å². The topological polar surface area (TPSA) is 73.1 Å². The molecule has 0 aromatic carbocycles. The van der Waals surface area contributed by atoms with Crippen molar-refractivity contribution < 1.29 is 19.4 Å².